The first-order chi connectivity index (χ1) is 14.4. The Balaban J connectivity index is 2.28. The van der Waals surface area contributed by atoms with Crippen LogP contribution in [-0.2, 0) is 9.53 Å². The predicted molar refractivity (Wildman–Crippen MR) is 110 cm³/mol. The summed E-state index contributed by atoms with van der Waals surface area (Å²) in [5.41, 5.74) is 0.00962. The first-order valence-corrected chi connectivity index (χ1v) is 10.0. The van der Waals surface area contributed by atoms with E-state index in [0.29, 0.717) is 12.1 Å². The lowest BCUT2D eigenvalue weighted by molar-refractivity contribution is -0.131. The lowest BCUT2D eigenvalue weighted by atomic mass is 10.0. The quantitative estimate of drug-likeness (QED) is 0.408. The van der Waals surface area contributed by atoms with Gasteiger partial charge in [0.1, 0.15) is 29.6 Å². The summed E-state index contributed by atoms with van der Waals surface area (Å²) in [7, 11) is 0. The van der Waals surface area contributed by atoms with Crippen molar-refractivity contribution in [3.05, 3.63) is 53.6 Å². The highest BCUT2D eigenvalue weighted by atomic mass is 19.1. The maximum absolute atomic E-state index is 15.3. The number of halogens is 2. The van der Waals surface area contributed by atoms with Crippen LogP contribution in [0.25, 0.3) is 11.1 Å². The summed E-state index contributed by atoms with van der Waals surface area (Å²) in [6.07, 6.45) is 1.94. The van der Waals surface area contributed by atoms with Gasteiger partial charge in [-0.1, -0.05) is 26.0 Å². The molecule has 0 bridgehead atoms. The average molecular weight is 419 g/mol. The Kier molecular flexibility index (Phi) is 8.92. The van der Waals surface area contributed by atoms with Crippen LogP contribution in [0.4, 0.5) is 8.78 Å². The Morgan fingerprint density at radius 3 is 2.13 bits per heavy atom. The summed E-state index contributed by atoms with van der Waals surface area (Å²) >= 11 is 0. The number of esters is 2. The van der Waals surface area contributed by atoms with Crippen LogP contribution in [-0.4, -0.2) is 43.1 Å². The molecule has 0 atom stereocenters. The molecule has 0 N–H and O–H groups in total. The van der Waals surface area contributed by atoms with Crippen LogP contribution in [0.1, 0.15) is 44.0 Å². The third-order valence-electron chi connectivity index (χ3n) is 4.44. The maximum Gasteiger partial charge on any atom is 0.345 e. The van der Waals surface area contributed by atoms with E-state index in [9.17, 15) is 14.0 Å². The van der Waals surface area contributed by atoms with Crippen molar-refractivity contribution in [1.29, 1.82) is 0 Å². The highest BCUT2D eigenvalue weighted by molar-refractivity contribution is 5.95. The fourth-order valence-corrected chi connectivity index (χ4v) is 3.15. The summed E-state index contributed by atoms with van der Waals surface area (Å²) in [5, 5.41) is 0. The van der Waals surface area contributed by atoms with E-state index in [1.165, 1.54) is 36.4 Å². The molecule has 0 heterocycles. The number of ether oxygens (including phenoxy) is 2. The SMILES string of the molecule is CCCN(CCC)CCOC(=O)c1c(OC(C)=O)ccc(-c2ccc(F)cc2)c1F. The third kappa shape index (κ3) is 6.35. The van der Waals surface area contributed by atoms with Gasteiger partial charge in [0.05, 0.1) is 0 Å². The second kappa shape index (κ2) is 11.4. The number of hydrogen-bond donors (Lipinski definition) is 0. The van der Waals surface area contributed by atoms with Gasteiger partial charge < -0.3 is 9.47 Å². The average Bonchev–Trinajstić information content (AvgIpc) is 2.69. The van der Waals surface area contributed by atoms with Crippen molar-refractivity contribution in [1.82, 2.24) is 4.90 Å². The van der Waals surface area contributed by atoms with Crippen molar-refractivity contribution in [2.24, 2.45) is 0 Å². The lowest BCUT2D eigenvalue weighted by Gasteiger charge is -2.20. The molecule has 0 aliphatic heterocycles. The van der Waals surface area contributed by atoms with Gasteiger partial charge in [0.25, 0.3) is 0 Å². The second-order valence-electron chi connectivity index (χ2n) is 6.88. The topological polar surface area (TPSA) is 55.8 Å². The molecule has 0 unspecified atom stereocenters. The zero-order chi connectivity index (χ0) is 22.1. The van der Waals surface area contributed by atoms with Crippen LogP contribution >= 0.6 is 0 Å². The number of nitrogens with zero attached hydrogens (tertiary/aromatic N) is 1. The normalized spacial score (nSPS) is 10.9. The van der Waals surface area contributed by atoms with Gasteiger partial charge in [0.2, 0.25) is 0 Å². The van der Waals surface area contributed by atoms with Crippen molar-refractivity contribution in [3.63, 3.8) is 0 Å². The van der Waals surface area contributed by atoms with Crippen LogP contribution in [0.3, 0.4) is 0 Å². The molecule has 0 amide bonds. The number of benzene rings is 2. The van der Waals surface area contributed by atoms with Gasteiger partial charge in [-0.2, -0.15) is 0 Å². The molecule has 30 heavy (non-hydrogen) atoms. The maximum atomic E-state index is 15.3. The third-order valence-corrected chi connectivity index (χ3v) is 4.44. The van der Waals surface area contributed by atoms with Crippen molar-refractivity contribution in [3.8, 4) is 16.9 Å². The molecule has 7 heteroatoms. The molecular weight excluding hydrogens is 392 g/mol. The van der Waals surface area contributed by atoms with E-state index in [0.717, 1.165) is 32.9 Å². The van der Waals surface area contributed by atoms with E-state index in [2.05, 4.69) is 18.7 Å². The molecule has 0 aromatic heterocycles. The Bertz CT molecular complexity index is 862. The van der Waals surface area contributed by atoms with Crippen LogP contribution in [0.2, 0.25) is 0 Å². The fraction of sp³-hybridized carbons (Fsp3) is 0.391. The summed E-state index contributed by atoms with van der Waals surface area (Å²) < 4.78 is 38.8. The summed E-state index contributed by atoms with van der Waals surface area (Å²) in [5.74, 6) is -3.16. The monoisotopic (exact) mass is 419 g/mol. The van der Waals surface area contributed by atoms with Crippen molar-refractivity contribution in [2.75, 3.05) is 26.2 Å². The molecule has 0 radical (unpaired) electrons. The van der Waals surface area contributed by atoms with Crippen LogP contribution in [0.15, 0.2) is 36.4 Å². The number of hydrogen-bond acceptors (Lipinski definition) is 5. The molecule has 0 fully saturated rings. The van der Waals surface area contributed by atoms with Crippen LogP contribution < -0.4 is 4.74 Å². The van der Waals surface area contributed by atoms with Crippen LogP contribution in [0, 0.1) is 11.6 Å². The molecule has 2 rings (SSSR count). The number of carbonyl (C=O) groups excluding carboxylic acids is 2. The van der Waals surface area contributed by atoms with Gasteiger partial charge in [-0.3, -0.25) is 9.69 Å². The molecule has 0 saturated heterocycles. The minimum absolute atomic E-state index is 0.0800. The lowest BCUT2D eigenvalue weighted by Crippen LogP contribution is -2.30. The van der Waals surface area contributed by atoms with E-state index < -0.39 is 29.1 Å². The van der Waals surface area contributed by atoms with Gasteiger partial charge in [0.15, 0.2) is 0 Å². The number of rotatable bonds is 10. The molecule has 162 valence electrons. The van der Waals surface area contributed by atoms with Crippen LogP contribution in [0.5, 0.6) is 5.75 Å². The Labute approximate surface area is 175 Å². The van der Waals surface area contributed by atoms with E-state index >= 15 is 4.39 Å². The Morgan fingerprint density at radius 2 is 1.57 bits per heavy atom. The zero-order valence-electron chi connectivity index (χ0n) is 17.5. The highest BCUT2D eigenvalue weighted by Gasteiger charge is 2.24. The molecular formula is C23H27F2NO4. The minimum atomic E-state index is -0.916. The fourth-order valence-electron chi connectivity index (χ4n) is 3.15. The Hall–Kier alpha value is -2.80. The molecule has 0 aliphatic rings. The van der Waals surface area contributed by atoms with E-state index in [4.69, 9.17) is 9.47 Å². The molecule has 2 aromatic rings. The standard InChI is InChI=1S/C23H27F2NO4/c1-4-12-26(13-5-2)14-15-29-23(28)21-20(30-16(3)27)11-10-19(22(21)25)17-6-8-18(24)9-7-17/h6-11H,4-5,12-15H2,1-3H3. The Morgan fingerprint density at radius 1 is 0.933 bits per heavy atom. The second-order valence-corrected chi connectivity index (χ2v) is 6.88. The number of carbonyl (C=O) groups is 2. The van der Waals surface area contributed by atoms with Crippen molar-refractivity contribution < 1.29 is 27.8 Å². The zero-order valence-corrected chi connectivity index (χ0v) is 17.5. The molecule has 0 spiro atoms. The smallest absolute Gasteiger partial charge is 0.345 e. The summed E-state index contributed by atoms with van der Waals surface area (Å²) in [4.78, 5) is 26.2. The van der Waals surface area contributed by atoms with Gasteiger partial charge in [-0.15, -0.1) is 0 Å². The highest BCUT2D eigenvalue weighted by Crippen LogP contribution is 2.32. The van der Waals surface area contributed by atoms with Gasteiger partial charge in [-0.05, 0) is 55.8 Å². The van der Waals surface area contributed by atoms with E-state index in [1.807, 2.05) is 0 Å². The molecule has 0 saturated carbocycles. The van der Waals surface area contributed by atoms with E-state index in [1.54, 1.807) is 0 Å². The molecule has 0 aliphatic carbocycles. The first kappa shape index (κ1) is 23.5. The molecule has 5 nitrogen and oxygen atoms in total. The summed E-state index contributed by atoms with van der Waals surface area (Å²) in [6, 6.07) is 7.91. The van der Waals surface area contributed by atoms with Crippen molar-refractivity contribution in [2.45, 2.75) is 33.6 Å². The molecule has 2 aromatic carbocycles. The minimum Gasteiger partial charge on any atom is -0.461 e. The van der Waals surface area contributed by atoms with Gasteiger partial charge >= 0.3 is 11.9 Å². The van der Waals surface area contributed by atoms with E-state index in [-0.39, 0.29) is 17.9 Å². The largest absolute Gasteiger partial charge is 0.461 e. The van der Waals surface area contributed by atoms with Gasteiger partial charge in [0, 0.05) is 19.0 Å². The predicted octanol–water partition coefficient (Wildman–Crippen LogP) is 4.84. The van der Waals surface area contributed by atoms with Gasteiger partial charge in [-0.25, -0.2) is 13.6 Å². The van der Waals surface area contributed by atoms with Crippen molar-refractivity contribution >= 4 is 11.9 Å². The first-order valence-electron chi connectivity index (χ1n) is 10.0. The summed E-state index contributed by atoms with van der Waals surface area (Å²) in [6.45, 7) is 7.65.